The van der Waals surface area contributed by atoms with Crippen molar-refractivity contribution in [1.29, 1.82) is 0 Å². The van der Waals surface area contributed by atoms with Gasteiger partial charge in [-0.25, -0.2) is 21.2 Å². The molecule has 2 aromatic carbocycles. The Morgan fingerprint density at radius 2 is 1.58 bits per heavy atom. The van der Waals surface area contributed by atoms with Gasteiger partial charge >= 0.3 is 0 Å². The van der Waals surface area contributed by atoms with E-state index in [2.05, 4.69) is 9.44 Å². The Kier molecular flexibility index (Phi) is 5.77. The lowest BCUT2D eigenvalue weighted by atomic mass is 10.2. The highest BCUT2D eigenvalue weighted by molar-refractivity contribution is 7.92. The van der Waals surface area contributed by atoms with Crippen LogP contribution in [0.25, 0.3) is 0 Å². The number of anilines is 2. The first kappa shape index (κ1) is 20.0. The van der Waals surface area contributed by atoms with Gasteiger partial charge in [0.15, 0.2) is 0 Å². The summed E-state index contributed by atoms with van der Waals surface area (Å²) in [5, 5.41) is 0. The first-order chi connectivity index (χ1) is 12.0. The van der Waals surface area contributed by atoms with Gasteiger partial charge in [-0.05, 0) is 50.2 Å². The normalized spacial score (nSPS) is 12.0. The van der Waals surface area contributed by atoms with Crippen LogP contribution in [0.1, 0.15) is 13.8 Å². The third kappa shape index (κ3) is 5.60. The summed E-state index contributed by atoms with van der Waals surface area (Å²) in [6.07, 6.45) is 0.733. The second-order valence-electron chi connectivity index (χ2n) is 5.81. The average molecular weight is 402 g/mol. The molecule has 0 saturated heterocycles. The molecule has 10 heteroatoms. The second-order valence-corrected chi connectivity index (χ2v) is 9.24. The first-order valence-electron chi connectivity index (χ1n) is 7.53. The Bertz CT molecular complexity index is 988. The van der Waals surface area contributed by atoms with Crippen molar-refractivity contribution in [3.8, 4) is 5.75 Å². The molecule has 0 radical (unpaired) electrons. The molecule has 0 unspecified atom stereocenters. The van der Waals surface area contributed by atoms with E-state index in [4.69, 9.17) is 4.74 Å². The van der Waals surface area contributed by atoms with Crippen LogP contribution < -0.4 is 14.2 Å². The predicted molar refractivity (Wildman–Crippen MR) is 97.9 cm³/mol. The molecule has 7 nitrogen and oxygen atoms in total. The summed E-state index contributed by atoms with van der Waals surface area (Å²) in [5.41, 5.74) is 0.356. The van der Waals surface area contributed by atoms with Crippen molar-refractivity contribution in [2.75, 3.05) is 15.7 Å². The molecule has 0 aromatic heterocycles. The van der Waals surface area contributed by atoms with E-state index >= 15 is 0 Å². The number of benzene rings is 2. The van der Waals surface area contributed by atoms with Gasteiger partial charge in [0.25, 0.3) is 10.0 Å². The van der Waals surface area contributed by atoms with Crippen molar-refractivity contribution < 1.29 is 26.0 Å². The van der Waals surface area contributed by atoms with Crippen LogP contribution in [0.5, 0.6) is 5.75 Å². The van der Waals surface area contributed by atoms with Gasteiger partial charge < -0.3 is 4.74 Å². The molecule has 26 heavy (non-hydrogen) atoms. The van der Waals surface area contributed by atoms with Crippen molar-refractivity contribution in [3.05, 3.63) is 48.3 Å². The molecule has 0 fully saturated rings. The van der Waals surface area contributed by atoms with Crippen LogP contribution in [0, 0.1) is 5.82 Å². The number of hydrogen-bond donors (Lipinski definition) is 2. The van der Waals surface area contributed by atoms with Gasteiger partial charge in [-0.3, -0.25) is 9.44 Å². The maximum Gasteiger partial charge on any atom is 0.261 e. The van der Waals surface area contributed by atoms with Gasteiger partial charge in [0.1, 0.15) is 11.6 Å². The van der Waals surface area contributed by atoms with Gasteiger partial charge in [-0.2, -0.15) is 0 Å². The van der Waals surface area contributed by atoms with Crippen molar-refractivity contribution >= 4 is 31.4 Å². The second kappa shape index (κ2) is 7.50. The SMILES string of the molecule is CC(C)Oc1cc(NS(=O)(=O)c2ccc(F)cc2)ccc1NS(C)(=O)=O. The van der Waals surface area contributed by atoms with E-state index < -0.39 is 25.9 Å². The zero-order valence-corrected chi connectivity index (χ0v) is 16.0. The molecule has 0 heterocycles. The quantitative estimate of drug-likeness (QED) is 0.742. The summed E-state index contributed by atoms with van der Waals surface area (Å²) in [5.74, 6) is -0.377. The van der Waals surface area contributed by atoms with Crippen LogP contribution in [0.4, 0.5) is 15.8 Å². The molecule has 0 atom stereocenters. The highest BCUT2D eigenvalue weighted by atomic mass is 32.2. The maximum absolute atomic E-state index is 13.0. The molecule has 0 bridgehead atoms. The highest BCUT2D eigenvalue weighted by Gasteiger charge is 2.17. The lowest BCUT2D eigenvalue weighted by Crippen LogP contribution is -2.15. The predicted octanol–water partition coefficient (Wildman–Crippen LogP) is 2.79. The van der Waals surface area contributed by atoms with Crippen LogP contribution >= 0.6 is 0 Å². The van der Waals surface area contributed by atoms with E-state index in [1.807, 2.05) is 0 Å². The summed E-state index contributed by atoms with van der Waals surface area (Å²) in [4.78, 5) is -0.108. The zero-order valence-electron chi connectivity index (χ0n) is 14.4. The number of rotatable bonds is 7. The lowest BCUT2D eigenvalue weighted by Gasteiger charge is -2.17. The fraction of sp³-hybridized carbons (Fsp3) is 0.250. The third-order valence-electron chi connectivity index (χ3n) is 3.02. The Hall–Kier alpha value is -2.33. The smallest absolute Gasteiger partial charge is 0.261 e. The van der Waals surface area contributed by atoms with Crippen LogP contribution in [-0.4, -0.2) is 29.2 Å². The monoisotopic (exact) mass is 402 g/mol. The largest absolute Gasteiger partial charge is 0.489 e. The minimum atomic E-state index is -3.93. The van der Waals surface area contributed by atoms with Gasteiger partial charge in [0.2, 0.25) is 10.0 Å². The molecule has 2 N–H and O–H groups in total. The Morgan fingerprint density at radius 3 is 2.12 bits per heavy atom. The number of nitrogens with one attached hydrogen (secondary N) is 2. The summed E-state index contributed by atoms with van der Waals surface area (Å²) in [6.45, 7) is 3.50. The molecule has 142 valence electrons. The number of ether oxygens (including phenoxy) is 1. The van der Waals surface area contributed by atoms with Crippen LogP contribution in [0.2, 0.25) is 0 Å². The standard InChI is InChI=1S/C16H19FN2O5S2/c1-11(2)24-16-10-13(6-9-15(16)19-25(3,20)21)18-26(22,23)14-7-4-12(17)5-8-14/h4-11,18-19H,1-3H3. The van der Waals surface area contributed by atoms with Crippen LogP contribution in [0.3, 0.4) is 0 Å². The van der Waals surface area contributed by atoms with Gasteiger partial charge in [0, 0.05) is 6.07 Å². The molecular formula is C16H19FN2O5S2. The number of sulfonamides is 2. The summed E-state index contributed by atoms with van der Waals surface area (Å²) >= 11 is 0. The molecule has 2 aromatic rings. The number of halogens is 1. The fourth-order valence-electron chi connectivity index (χ4n) is 2.05. The van der Waals surface area contributed by atoms with Crippen LogP contribution in [0.15, 0.2) is 47.4 Å². The molecule has 0 amide bonds. The van der Waals surface area contributed by atoms with Gasteiger partial charge in [0.05, 0.1) is 28.6 Å². The van der Waals surface area contributed by atoms with E-state index in [0.29, 0.717) is 0 Å². The zero-order chi connectivity index (χ0) is 19.5. The highest BCUT2D eigenvalue weighted by Crippen LogP contribution is 2.31. The minimum Gasteiger partial charge on any atom is -0.489 e. The lowest BCUT2D eigenvalue weighted by molar-refractivity contribution is 0.244. The summed E-state index contributed by atoms with van der Waals surface area (Å²) < 4.78 is 70.8. The molecule has 0 aliphatic heterocycles. The summed E-state index contributed by atoms with van der Waals surface area (Å²) in [7, 11) is -7.47. The van der Waals surface area contributed by atoms with Gasteiger partial charge in [-0.1, -0.05) is 0 Å². The van der Waals surface area contributed by atoms with Crippen molar-refractivity contribution in [3.63, 3.8) is 0 Å². The molecule has 0 spiro atoms. The minimum absolute atomic E-state index is 0.108. The topological polar surface area (TPSA) is 102 Å². The Balaban J connectivity index is 2.36. The Labute approximate surface area is 152 Å². The van der Waals surface area contributed by atoms with Crippen LogP contribution in [-0.2, 0) is 20.0 Å². The molecule has 0 aliphatic rings. The first-order valence-corrected chi connectivity index (χ1v) is 10.9. The van der Waals surface area contributed by atoms with Gasteiger partial charge in [-0.15, -0.1) is 0 Å². The summed E-state index contributed by atoms with van der Waals surface area (Å²) in [6, 6.07) is 8.52. The van der Waals surface area contributed by atoms with E-state index in [-0.39, 0.29) is 28.1 Å². The molecule has 0 aliphatic carbocycles. The third-order valence-corrected chi connectivity index (χ3v) is 5.00. The van der Waals surface area contributed by atoms with Crippen molar-refractivity contribution in [2.45, 2.75) is 24.8 Å². The maximum atomic E-state index is 13.0. The fourth-order valence-corrected chi connectivity index (χ4v) is 3.67. The number of hydrogen-bond acceptors (Lipinski definition) is 5. The Morgan fingerprint density at radius 1 is 0.962 bits per heavy atom. The van der Waals surface area contributed by atoms with E-state index in [9.17, 15) is 21.2 Å². The van der Waals surface area contributed by atoms with E-state index in [1.165, 1.54) is 18.2 Å². The average Bonchev–Trinajstić information content (AvgIpc) is 2.48. The van der Waals surface area contributed by atoms with Crippen molar-refractivity contribution in [1.82, 2.24) is 0 Å². The molecule has 2 rings (SSSR count). The van der Waals surface area contributed by atoms with E-state index in [0.717, 1.165) is 30.5 Å². The molecular weight excluding hydrogens is 383 g/mol. The van der Waals surface area contributed by atoms with E-state index in [1.54, 1.807) is 13.8 Å². The van der Waals surface area contributed by atoms with Crippen molar-refractivity contribution in [2.24, 2.45) is 0 Å². The molecule has 0 saturated carbocycles.